The summed E-state index contributed by atoms with van der Waals surface area (Å²) in [6.45, 7) is 20.4. The van der Waals surface area contributed by atoms with Crippen molar-refractivity contribution in [2.24, 2.45) is 50.7 Å². The van der Waals surface area contributed by atoms with Crippen molar-refractivity contribution in [3.8, 4) is 0 Å². The topological polar surface area (TPSA) is 52.6 Å². The number of hydrogen-bond acceptors (Lipinski definition) is 4. The van der Waals surface area contributed by atoms with Crippen LogP contribution in [0.1, 0.15) is 127 Å². The Morgan fingerprint density at radius 2 is 1.24 bits per heavy atom. The Hall–Kier alpha value is -1.32. The molecule has 5 aliphatic carbocycles. The van der Waals surface area contributed by atoms with Crippen LogP contribution in [0.15, 0.2) is 11.6 Å². The van der Waals surface area contributed by atoms with E-state index in [2.05, 4.69) is 54.5 Å². The van der Waals surface area contributed by atoms with Crippen LogP contribution in [0, 0.1) is 50.7 Å². The smallest absolute Gasteiger partial charge is 0.302 e. The zero-order chi connectivity index (χ0) is 27.9. The van der Waals surface area contributed by atoms with Crippen LogP contribution in [-0.4, -0.2) is 24.1 Å². The second-order valence-corrected chi connectivity index (χ2v) is 16.1. The Bertz CT molecular complexity index is 1010. The van der Waals surface area contributed by atoms with Gasteiger partial charge in [0.15, 0.2) is 0 Å². The van der Waals surface area contributed by atoms with Crippen LogP contribution in [0.4, 0.5) is 0 Å². The van der Waals surface area contributed by atoms with Gasteiger partial charge in [0.25, 0.3) is 0 Å². The molecule has 4 heteroatoms. The minimum atomic E-state index is -0.140. The van der Waals surface area contributed by atoms with E-state index in [1.807, 2.05) is 0 Å². The lowest BCUT2D eigenvalue weighted by atomic mass is 9.42. The van der Waals surface area contributed by atoms with Crippen LogP contribution in [-0.2, 0) is 19.1 Å². The summed E-state index contributed by atoms with van der Waals surface area (Å²) in [4.78, 5) is 23.8. The first-order chi connectivity index (χ1) is 17.6. The van der Waals surface area contributed by atoms with E-state index in [-0.39, 0.29) is 45.8 Å². The molecule has 0 aliphatic heterocycles. The minimum Gasteiger partial charge on any atom is -0.462 e. The molecule has 9 atom stereocenters. The quantitative estimate of drug-likeness (QED) is 0.268. The molecule has 4 saturated carbocycles. The average molecular weight is 527 g/mol. The Kier molecular flexibility index (Phi) is 6.76. The van der Waals surface area contributed by atoms with Crippen molar-refractivity contribution in [3.63, 3.8) is 0 Å². The standard InChI is InChI=1S/C34H54O4/c1-21(35)37-28-15-18-33(8)24-11-13-27-32(7,20-23(24)10-12-25(33)30(28,3)4)17-14-26-31(5,6)29(38-22(2)36)16-19-34(26,27)9/h10,24-29H,11-20H2,1-9H3/t24-,25-,26-,27-,28-,29-,32-,33+,34-/m0/s1. The van der Waals surface area contributed by atoms with Crippen molar-refractivity contribution in [1.82, 2.24) is 0 Å². The third-order valence-electron chi connectivity index (χ3n) is 13.4. The summed E-state index contributed by atoms with van der Waals surface area (Å²) in [5.41, 5.74) is 2.62. The predicted octanol–water partition coefficient (Wildman–Crippen LogP) is 8.28. The normalized spacial score (nSPS) is 47.1. The van der Waals surface area contributed by atoms with E-state index in [4.69, 9.17) is 9.47 Å². The molecule has 5 aliphatic rings. The second-order valence-electron chi connectivity index (χ2n) is 16.1. The van der Waals surface area contributed by atoms with Crippen molar-refractivity contribution in [3.05, 3.63) is 11.6 Å². The highest BCUT2D eigenvalue weighted by Gasteiger charge is 2.63. The molecule has 0 aromatic heterocycles. The Morgan fingerprint density at radius 1 is 0.684 bits per heavy atom. The molecule has 214 valence electrons. The third-order valence-corrected chi connectivity index (χ3v) is 13.4. The van der Waals surface area contributed by atoms with Gasteiger partial charge in [-0.15, -0.1) is 0 Å². The lowest BCUT2D eigenvalue weighted by Gasteiger charge is -2.64. The Balaban J connectivity index is 1.44. The van der Waals surface area contributed by atoms with Gasteiger partial charge in [0.05, 0.1) is 0 Å². The Morgan fingerprint density at radius 3 is 1.82 bits per heavy atom. The van der Waals surface area contributed by atoms with Crippen molar-refractivity contribution in [1.29, 1.82) is 0 Å². The number of carbonyl (C=O) groups is 2. The zero-order valence-electron chi connectivity index (χ0n) is 25.7. The SMILES string of the molecule is CC(=O)O[C@H]1CC[C@@]2(C)[C@@H](CC[C@@]3(C)CC4=CC[C@H]5C(C)(C)[C@@H](OC(C)=O)CC[C@]5(C)[C@H]4CC[C@@H]32)C1(C)C. The van der Waals surface area contributed by atoms with E-state index < -0.39 is 0 Å². The largest absolute Gasteiger partial charge is 0.462 e. The van der Waals surface area contributed by atoms with Crippen molar-refractivity contribution < 1.29 is 19.1 Å². The third kappa shape index (κ3) is 4.12. The van der Waals surface area contributed by atoms with Crippen LogP contribution >= 0.6 is 0 Å². The van der Waals surface area contributed by atoms with Crippen molar-refractivity contribution in [2.75, 3.05) is 0 Å². The molecule has 4 fully saturated rings. The summed E-state index contributed by atoms with van der Waals surface area (Å²) in [6.07, 6.45) is 14.4. The highest BCUT2D eigenvalue weighted by atomic mass is 16.5. The summed E-state index contributed by atoms with van der Waals surface area (Å²) in [5.74, 6) is 2.18. The first-order valence-electron chi connectivity index (χ1n) is 15.6. The van der Waals surface area contributed by atoms with Gasteiger partial charge in [-0.3, -0.25) is 9.59 Å². The molecule has 0 radical (unpaired) electrons. The fourth-order valence-corrected chi connectivity index (χ4v) is 11.7. The van der Waals surface area contributed by atoms with Gasteiger partial charge < -0.3 is 9.47 Å². The molecule has 0 amide bonds. The molecule has 0 bridgehead atoms. The maximum atomic E-state index is 11.9. The summed E-state index contributed by atoms with van der Waals surface area (Å²) >= 11 is 0. The highest BCUT2D eigenvalue weighted by molar-refractivity contribution is 5.66. The Labute approximate surface area is 232 Å². The molecule has 0 aromatic rings. The lowest BCUT2D eigenvalue weighted by molar-refractivity contribution is -0.192. The molecule has 0 heterocycles. The minimum absolute atomic E-state index is 0.00846. The predicted molar refractivity (Wildman–Crippen MR) is 151 cm³/mol. The van der Waals surface area contributed by atoms with E-state index in [0.29, 0.717) is 29.1 Å². The van der Waals surface area contributed by atoms with E-state index in [1.165, 1.54) is 38.5 Å². The van der Waals surface area contributed by atoms with Gasteiger partial charge in [0.2, 0.25) is 0 Å². The molecule has 5 rings (SSSR count). The average Bonchev–Trinajstić information content (AvgIpc) is 2.94. The monoisotopic (exact) mass is 526 g/mol. The number of hydrogen-bond donors (Lipinski definition) is 0. The number of ether oxygens (including phenoxy) is 2. The van der Waals surface area contributed by atoms with Crippen LogP contribution in [0.3, 0.4) is 0 Å². The highest BCUT2D eigenvalue weighted by Crippen LogP contribution is 2.70. The number of rotatable bonds is 2. The summed E-state index contributed by atoms with van der Waals surface area (Å²) in [6, 6.07) is 0. The lowest BCUT2D eigenvalue weighted by Crippen LogP contribution is -2.59. The van der Waals surface area contributed by atoms with Gasteiger partial charge in [-0.1, -0.05) is 60.1 Å². The van der Waals surface area contributed by atoms with E-state index in [0.717, 1.165) is 25.7 Å². The molecule has 4 nitrogen and oxygen atoms in total. The van der Waals surface area contributed by atoms with Crippen LogP contribution in [0.25, 0.3) is 0 Å². The van der Waals surface area contributed by atoms with Crippen molar-refractivity contribution >= 4 is 11.9 Å². The maximum absolute atomic E-state index is 11.9. The number of allylic oxidation sites excluding steroid dienone is 2. The van der Waals surface area contributed by atoms with Crippen LogP contribution in [0.2, 0.25) is 0 Å². The second kappa shape index (κ2) is 9.10. The van der Waals surface area contributed by atoms with Crippen molar-refractivity contribution in [2.45, 2.75) is 139 Å². The first-order valence-corrected chi connectivity index (χ1v) is 15.6. The van der Waals surface area contributed by atoms with Crippen LogP contribution in [0.5, 0.6) is 0 Å². The summed E-state index contributed by atoms with van der Waals surface area (Å²) < 4.78 is 11.8. The zero-order valence-corrected chi connectivity index (χ0v) is 25.7. The molecule has 0 unspecified atom stereocenters. The van der Waals surface area contributed by atoms with Gasteiger partial charge in [-0.2, -0.15) is 0 Å². The summed E-state index contributed by atoms with van der Waals surface area (Å²) in [5, 5.41) is 0. The first kappa shape index (κ1) is 28.2. The van der Waals surface area contributed by atoms with E-state index >= 15 is 0 Å². The molecular formula is C34H54O4. The molecule has 0 spiro atoms. The molecule has 0 saturated heterocycles. The maximum Gasteiger partial charge on any atom is 0.302 e. The van der Waals surface area contributed by atoms with Gasteiger partial charge in [-0.25, -0.2) is 0 Å². The van der Waals surface area contributed by atoms with Gasteiger partial charge in [-0.05, 0) is 104 Å². The molecule has 0 aromatic carbocycles. The number of esters is 2. The van der Waals surface area contributed by atoms with Gasteiger partial charge in [0.1, 0.15) is 12.2 Å². The number of fused-ring (bicyclic) bond motifs is 6. The number of carbonyl (C=O) groups excluding carboxylic acids is 2. The fraction of sp³-hybridized carbons (Fsp3) is 0.882. The van der Waals surface area contributed by atoms with Gasteiger partial charge >= 0.3 is 11.9 Å². The van der Waals surface area contributed by atoms with E-state index in [1.54, 1.807) is 19.4 Å². The van der Waals surface area contributed by atoms with Gasteiger partial charge in [0, 0.05) is 24.7 Å². The van der Waals surface area contributed by atoms with Crippen LogP contribution < -0.4 is 0 Å². The summed E-state index contributed by atoms with van der Waals surface area (Å²) in [7, 11) is 0. The molecule has 38 heavy (non-hydrogen) atoms. The fourth-order valence-electron chi connectivity index (χ4n) is 11.7. The molecular weight excluding hydrogens is 472 g/mol. The molecule has 0 N–H and O–H groups in total. The van der Waals surface area contributed by atoms with E-state index in [9.17, 15) is 9.59 Å².